The minimum absolute atomic E-state index is 0.0587. The number of fused-ring (bicyclic) bond motifs is 4. The van der Waals surface area contributed by atoms with Crippen LogP contribution in [0.1, 0.15) is 45.6 Å². The van der Waals surface area contributed by atoms with Crippen LogP contribution in [0.3, 0.4) is 0 Å². The van der Waals surface area contributed by atoms with E-state index in [2.05, 4.69) is 0 Å². The lowest BCUT2D eigenvalue weighted by molar-refractivity contribution is -0.267. The number of benzene rings is 3. The summed E-state index contributed by atoms with van der Waals surface area (Å²) < 4.78 is 11.6. The fourth-order valence-electron chi connectivity index (χ4n) is 4.73. The number of rotatable bonds is 2. The van der Waals surface area contributed by atoms with Crippen molar-refractivity contribution in [3.05, 3.63) is 70.3 Å². The van der Waals surface area contributed by atoms with Crippen molar-refractivity contribution in [2.24, 2.45) is 0 Å². The summed E-state index contributed by atoms with van der Waals surface area (Å²) in [5.74, 6) is -0.377. The zero-order chi connectivity index (χ0) is 23.6. The summed E-state index contributed by atoms with van der Waals surface area (Å²) in [7, 11) is 0. The van der Waals surface area contributed by atoms with E-state index in [0.717, 1.165) is 5.56 Å². The molecule has 0 radical (unpaired) electrons. The Bertz CT molecular complexity index is 1270. The molecular weight excluding hydrogens is 428 g/mol. The van der Waals surface area contributed by atoms with Gasteiger partial charge in [-0.3, -0.25) is 4.79 Å². The highest BCUT2D eigenvalue weighted by Gasteiger charge is 2.43. The number of aliphatic hydroxyl groups is 4. The number of ketones is 1. The van der Waals surface area contributed by atoms with E-state index >= 15 is 0 Å². The molecule has 8 heteroatoms. The van der Waals surface area contributed by atoms with Gasteiger partial charge in [-0.1, -0.05) is 30.3 Å². The summed E-state index contributed by atoms with van der Waals surface area (Å²) in [4.78, 5) is 13.2. The first kappa shape index (κ1) is 21.8. The van der Waals surface area contributed by atoms with Gasteiger partial charge in [-0.25, -0.2) is 0 Å². The number of carbonyl (C=O) groups is 1. The van der Waals surface area contributed by atoms with Crippen molar-refractivity contribution >= 4 is 16.6 Å². The Hall–Kier alpha value is -3.01. The largest absolute Gasteiger partial charge is 0.507 e. The quantitative estimate of drug-likeness (QED) is 0.396. The molecule has 0 amide bonds. The molecule has 3 aromatic carbocycles. The maximum absolute atomic E-state index is 13.2. The molecule has 33 heavy (non-hydrogen) atoms. The minimum Gasteiger partial charge on any atom is -0.507 e. The summed E-state index contributed by atoms with van der Waals surface area (Å²) in [6, 6.07) is 11.4. The monoisotopic (exact) mass is 452 g/mol. The number of carbonyl (C=O) groups excluding carboxylic acids is 1. The summed E-state index contributed by atoms with van der Waals surface area (Å²) >= 11 is 0. The molecule has 3 aromatic rings. The van der Waals surface area contributed by atoms with E-state index in [1.807, 2.05) is 13.0 Å². The number of ether oxygens (including phenoxy) is 2. The Morgan fingerprint density at radius 3 is 2.48 bits per heavy atom. The molecule has 0 aromatic heterocycles. The Labute approximate surface area is 189 Å². The van der Waals surface area contributed by atoms with E-state index in [9.17, 15) is 30.3 Å². The minimum atomic E-state index is -1.52. The average molecular weight is 452 g/mol. The standard InChI is InChI=1S/C25H24O8/c1-10-8-12-6-7-14-19(22(29)13-4-3-5-15(26)18(13)21(14)28)17(12)16(9-10)33-25-24(31)23(30)20(27)11(2)32-25/h3-9,11,20,22-27,29-31H,1-2H3/t11-,20-,22-,23+,24+,25+/m0/s1. The van der Waals surface area contributed by atoms with E-state index < -0.39 is 42.6 Å². The van der Waals surface area contributed by atoms with Gasteiger partial charge >= 0.3 is 0 Å². The van der Waals surface area contributed by atoms with Crippen molar-refractivity contribution in [1.29, 1.82) is 0 Å². The van der Waals surface area contributed by atoms with Gasteiger partial charge in [0.05, 0.1) is 11.7 Å². The van der Waals surface area contributed by atoms with Gasteiger partial charge in [-0.2, -0.15) is 0 Å². The lowest BCUT2D eigenvalue weighted by atomic mass is 9.80. The molecule has 1 fully saturated rings. The maximum atomic E-state index is 13.2. The molecule has 5 rings (SSSR count). The second-order valence-corrected chi connectivity index (χ2v) is 8.66. The first-order valence-corrected chi connectivity index (χ1v) is 10.7. The fourth-order valence-corrected chi connectivity index (χ4v) is 4.73. The van der Waals surface area contributed by atoms with Gasteiger partial charge < -0.3 is 35.0 Å². The smallest absolute Gasteiger partial charge is 0.229 e. The van der Waals surface area contributed by atoms with Crippen LogP contribution in [-0.4, -0.2) is 62.0 Å². The van der Waals surface area contributed by atoms with Crippen LogP contribution in [0.25, 0.3) is 10.8 Å². The van der Waals surface area contributed by atoms with Crippen LogP contribution in [0, 0.1) is 6.92 Å². The van der Waals surface area contributed by atoms with Crippen LogP contribution in [0.15, 0.2) is 42.5 Å². The third-order valence-corrected chi connectivity index (χ3v) is 6.43. The molecule has 1 saturated heterocycles. The number of hydrogen-bond acceptors (Lipinski definition) is 8. The number of hydrogen-bond donors (Lipinski definition) is 5. The van der Waals surface area contributed by atoms with Gasteiger partial charge in [-0.15, -0.1) is 0 Å². The van der Waals surface area contributed by atoms with Gasteiger partial charge in [0.2, 0.25) is 6.29 Å². The molecule has 5 N–H and O–H groups in total. The van der Waals surface area contributed by atoms with Crippen LogP contribution < -0.4 is 4.74 Å². The highest BCUT2D eigenvalue weighted by atomic mass is 16.7. The molecule has 0 spiro atoms. The number of phenols is 1. The molecule has 0 unspecified atom stereocenters. The molecule has 0 saturated carbocycles. The topological polar surface area (TPSA) is 137 Å². The first-order valence-electron chi connectivity index (χ1n) is 10.7. The number of aryl methyl sites for hydroxylation is 1. The van der Waals surface area contributed by atoms with Crippen LogP contribution in [0.2, 0.25) is 0 Å². The first-order chi connectivity index (χ1) is 15.7. The molecule has 1 heterocycles. The lowest BCUT2D eigenvalue weighted by Gasteiger charge is -2.39. The van der Waals surface area contributed by atoms with E-state index in [1.54, 1.807) is 37.3 Å². The zero-order valence-corrected chi connectivity index (χ0v) is 18.0. The van der Waals surface area contributed by atoms with E-state index in [-0.39, 0.29) is 28.2 Å². The summed E-state index contributed by atoms with van der Waals surface area (Å²) in [5.41, 5.74) is 1.72. The van der Waals surface area contributed by atoms with Gasteiger partial charge in [0.15, 0.2) is 5.78 Å². The Morgan fingerprint density at radius 2 is 1.73 bits per heavy atom. The highest BCUT2D eigenvalue weighted by molar-refractivity contribution is 6.17. The van der Waals surface area contributed by atoms with Gasteiger partial charge in [0.25, 0.3) is 0 Å². The van der Waals surface area contributed by atoms with E-state index in [0.29, 0.717) is 16.3 Å². The predicted octanol–water partition coefficient (Wildman–Crippen LogP) is 1.69. The molecular formula is C25H24O8. The molecule has 1 aliphatic carbocycles. The summed E-state index contributed by atoms with van der Waals surface area (Å²) in [6.45, 7) is 3.40. The summed E-state index contributed by atoms with van der Waals surface area (Å²) in [6.07, 6.45) is -7.55. The second-order valence-electron chi connectivity index (χ2n) is 8.66. The van der Waals surface area contributed by atoms with E-state index in [4.69, 9.17) is 9.47 Å². The van der Waals surface area contributed by atoms with Crippen LogP contribution >= 0.6 is 0 Å². The molecule has 1 aliphatic heterocycles. The van der Waals surface area contributed by atoms with E-state index in [1.165, 1.54) is 6.07 Å². The van der Waals surface area contributed by atoms with Crippen molar-refractivity contribution in [1.82, 2.24) is 0 Å². The lowest BCUT2D eigenvalue weighted by Crippen LogP contribution is -2.58. The predicted molar refractivity (Wildman–Crippen MR) is 117 cm³/mol. The maximum Gasteiger partial charge on any atom is 0.229 e. The Kier molecular flexibility index (Phi) is 5.15. The van der Waals surface area contributed by atoms with Crippen molar-refractivity contribution in [3.8, 4) is 11.5 Å². The Balaban J connectivity index is 1.68. The molecule has 6 atom stereocenters. The number of phenolic OH excluding ortho intramolecular Hbond substituents is 1. The zero-order valence-electron chi connectivity index (χ0n) is 18.0. The van der Waals surface area contributed by atoms with Gasteiger partial charge in [0, 0.05) is 16.5 Å². The molecule has 2 aliphatic rings. The SMILES string of the molecule is Cc1cc(O[C@H]2O[C@@H](C)[C@H](O)[C@@H](O)[C@H]2O)c2c3c(ccc2c1)C(=O)c1c(O)cccc1[C@@H]3O. The van der Waals surface area contributed by atoms with Crippen LogP contribution in [0.4, 0.5) is 0 Å². The molecule has 0 bridgehead atoms. The summed E-state index contributed by atoms with van der Waals surface area (Å²) in [5, 5.41) is 53.2. The fraction of sp³-hybridized carbons (Fsp3) is 0.320. The van der Waals surface area contributed by atoms with Gasteiger partial charge in [-0.05, 0) is 42.5 Å². The van der Waals surface area contributed by atoms with Crippen molar-refractivity contribution in [3.63, 3.8) is 0 Å². The average Bonchev–Trinajstić information content (AvgIpc) is 2.78. The van der Waals surface area contributed by atoms with Gasteiger partial charge in [0.1, 0.15) is 35.9 Å². The van der Waals surface area contributed by atoms with Crippen molar-refractivity contribution in [2.45, 2.75) is 50.7 Å². The Morgan fingerprint density at radius 1 is 0.970 bits per heavy atom. The third-order valence-electron chi connectivity index (χ3n) is 6.43. The van der Waals surface area contributed by atoms with Crippen LogP contribution in [-0.2, 0) is 4.74 Å². The third kappa shape index (κ3) is 3.30. The number of aromatic hydroxyl groups is 1. The normalized spacial score (nSPS) is 29.0. The highest BCUT2D eigenvalue weighted by Crippen LogP contribution is 2.45. The van der Waals surface area contributed by atoms with Crippen molar-refractivity contribution in [2.75, 3.05) is 0 Å². The molecule has 172 valence electrons. The van der Waals surface area contributed by atoms with Crippen LogP contribution in [0.5, 0.6) is 11.5 Å². The number of aliphatic hydroxyl groups excluding tert-OH is 4. The second kappa shape index (κ2) is 7.79. The van der Waals surface area contributed by atoms with Crippen molar-refractivity contribution < 1.29 is 39.8 Å². The molecule has 8 nitrogen and oxygen atoms in total.